The van der Waals surface area contributed by atoms with Gasteiger partial charge in [-0.2, -0.15) is 11.3 Å². The summed E-state index contributed by atoms with van der Waals surface area (Å²) in [5.41, 5.74) is 2.28. The molecule has 8 heteroatoms. The van der Waals surface area contributed by atoms with E-state index in [1.165, 1.54) is 30.4 Å². The highest BCUT2D eigenvalue weighted by Crippen LogP contribution is 2.30. The third kappa shape index (κ3) is 4.78. The van der Waals surface area contributed by atoms with E-state index in [4.69, 9.17) is 4.74 Å². The maximum atomic E-state index is 12.9. The molecule has 0 aliphatic rings. The fourth-order valence-electron chi connectivity index (χ4n) is 2.30. The molecule has 0 aliphatic heterocycles. The molecule has 1 N–H and O–H groups in total. The SMILES string of the molecule is Cc1nc(-c2ccsc2)sc1C(=O)OC(C)C(=O)NCc1ccc(F)cc1. The molecule has 0 saturated heterocycles. The second-order valence-corrected chi connectivity index (χ2v) is 7.62. The Kier molecular flexibility index (Phi) is 5.98. The van der Waals surface area contributed by atoms with Crippen LogP contribution >= 0.6 is 22.7 Å². The zero-order valence-electron chi connectivity index (χ0n) is 14.7. The van der Waals surface area contributed by atoms with Crippen molar-refractivity contribution in [3.63, 3.8) is 0 Å². The number of ether oxygens (including phenoxy) is 1. The van der Waals surface area contributed by atoms with Crippen molar-refractivity contribution in [2.45, 2.75) is 26.5 Å². The van der Waals surface area contributed by atoms with E-state index < -0.39 is 18.0 Å². The molecule has 3 rings (SSSR count). The summed E-state index contributed by atoms with van der Waals surface area (Å²) in [4.78, 5) is 29.3. The van der Waals surface area contributed by atoms with Crippen LogP contribution in [-0.4, -0.2) is 23.0 Å². The standard InChI is InChI=1S/C19H17FN2O3S2/c1-11-16(27-18(22-11)14-7-8-26-10-14)19(24)25-12(2)17(23)21-9-13-3-5-15(20)6-4-13/h3-8,10,12H,9H2,1-2H3,(H,21,23). The fraction of sp³-hybridized carbons (Fsp3) is 0.211. The maximum Gasteiger partial charge on any atom is 0.351 e. The minimum absolute atomic E-state index is 0.225. The number of thiazole rings is 1. The van der Waals surface area contributed by atoms with Crippen LogP contribution in [0.3, 0.4) is 0 Å². The van der Waals surface area contributed by atoms with E-state index in [2.05, 4.69) is 10.3 Å². The Balaban J connectivity index is 1.58. The number of nitrogens with zero attached hydrogens (tertiary/aromatic N) is 1. The van der Waals surface area contributed by atoms with Crippen LogP contribution in [-0.2, 0) is 16.1 Å². The molecule has 0 saturated carbocycles. The van der Waals surface area contributed by atoms with Gasteiger partial charge in [0.05, 0.1) is 5.69 Å². The van der Waals surface area contributed by atoms with Crippen LogP contribution in [0.1, 0.15) is 27.9 Å². The van der Waals surface area contributed by atoms with Gasteiger partial charge in [-0.15, -0.1) is 11.3 Å². The Labute approximate surface area is 163 Å². The Morgan fingerprint density at radius 2 is 2.00 bits per heavy atom. The van der Waals surface area contributed by atoms with Crippen LogP contribution in [0.2, 0.25) is 0 Å². The number of hydrogen-bond donors (Lipinski definition) is 1. The Hall–Kier alpha value is -2.58. The number of nitrogens with one attached hydrogen (secondary N) is 1. The quantitative estimate of drug-likeness (QED) is 0.626. The van der Waals surface area contributed by atoms with Gasteiger partial charge in [0.25, 0.3) is 5.91 Å². The van der Waals surface area contributed by atoms with Gasteiger partial charge in [-0.05, 0) is 43.0 Å². The molecular weight excluding hydrogens is 387 g/mol. The first-order chi connectivity index (χ1) is 12.9. The number of carbonyl (C=O) groups excluding carboxylic acids is 2. The van der Waals surface area contributed by atoms with E-state index in [0.717, 1.165) is 16.1 Å². The van der Waals surface area contributed by atoms with Gasteiger partial charge < -0.3 is 10.1 Å². The van der Waals surface area contributed by atoms with Crippen LogP contribution in [0, 0.1) is 12.7 Å². The second kappa shape index (κ2) is 8.41. The van der Waals surface area contributed by atoms with Gasteiger partial charge in [-0.25, -0.2) is 14.2 Å². The number of benzene rings is 1. The van der Waals surface area contributed by atoms with Crippen molar-refractivity contribution in [3.05, 3.63) is 63.0 Å². The molecule has 2 aromatic heterocycles. The van der Waals surface area contributed by atoms with Crippen molar-refractivity contribution in [2.75, 3.05) is 0 Å². The van der Waals surface area contributed by atoms with E-state index >= 15 is 0 Å². The average molecular weight is 404 g/mol. The van der Waals surface area contributed by atoms with Crippen molar-refractivity contribution < 1.29 is 18.7 Å². The normalized spacial score (nSPS) is 11.8. The summed E-state index contributed by atoms with van der Waals surface area (Å²) in [6.07, 6.45) is -0.955. The number of amides is 1. The zero-order chi connectivity index (χ0) is 19.4. The summed E-state index contributed by atoms with van der Waals surface area (Å²) in [5.74, 6) is -1.34. The first-order valence-electron chi connectivity index (χ1n) is 8.17. The Morgan fingerprint density at radius 3 is 2.67 bits per heavy atom. The van der Waals surface area contributed by atoms with Crippen molar-refractivity contribution in [1.82, 2.24) is 10.3 Å². The average Bonchev–Trinajstić information content (AvgIpc) is 3.30. The molecule has 3 aromatic rings. The van der Waals surface area contributed by atoms with Crippen LogP contribution < -0.4 is 5.32 Å². The number of aryl methyl sites for hydroxylation is 1. The smallest absolute Gasteiger partial charge is 0.351 e. The number of aromatic nitrogens is 1. The maximum absolute atomic E-state index is 12.9. The van der Waals surface area contributed by atoms with E-state index in [1.54, 1.807) is 30.4 Å². The molecule has 0 radical (unpaired) electrons. The van der Waals surface area contributed by atoms with Crippen LogP contribution in [0.4, 0.5) is 4.39 Å². The van der Waals surface area contributed by atoms with Crippen LogP contribution in [0.5, 0.6) is 0 Å². The number of thiophene rings is 1. The monoisotopic (exact) mass is 404 g/mol. The molecule has 1 aromatic carbocycles. The molecular formula is C19H17FN2O3S2. The molecule has 27 heavy (non-hydrogen) atoms. The second-order valence-electron chi connectivity index (χ2n) is 5.84. The summed E-state index contributed by atoms with van der Waals surface area (Å²) >= 11 is 2.80. The number of rotatable bonds is 6. The first-order valence-corrected chi connectivity index (χ1v) is 9.93. The largest absolute Gasteiger partial charge is 0.448 e. The van der Waals surface area contributed by atoms with Gasteiger partial charge in [0.1, 0.15) is 15.7 Å². The molecule has 0 spiro atoms. The summed E-state index contributed by atoms with van der Waals surface area (Å²) in [7, 11) is 0. The highest BCUT2D eigenvalue weighted by atomic mass is 32.1. The lowest BCUT2D eigenvalue weighted by molar-refractivity contribution is -0.129. The number of halogens is 1. The number of esters is 1. The topological polar surface area (TPSA) is 68.3 Å². The summed E-state index contributed by atoms with van der Waals surface area (Å²) in [6.45, 7) is 3.47. The van der Waals surface area contributed by atoms with Crippen molar-refractivity contribution in [1.29, 1.82) is 0 Å². The molecule has 1 atom stereocenters. The third-order valence-electron chi connectivity index (χ3n) is 3.78. The highest BCUT2D eigenvalue weighted by molar-refractivity contribution is 7.17. The zero-order valence-corrected chi connectivity index (χ0v) is 16.3. The Bertz CT molecular complexity index is 937. The number of carbonyl (C=O) groups is 2. The van der Waals surface area contributed by atoms with E-state index in [0.29, 0.717) is 10.6 Å². The predicted molar refractivity (Wildman–Crippen MR) is 103 cm³/mol. The first kappa shape index (κ1) is 19.2. The van der Waals surface area contributed by atoms with Gasteiger partial charge in [0.2, 0.25) is 0 Å². The molecule has 0 bridgehead atoms. The summed E-state index contributed by atoms with van der Waals surface area (Å²) in [6, 6.07) is 7.74. The fourth-order valence-corrected chi connectivity index (χ4v) is 3.96. The van der Waals surface area contributed by atoms with Crippen molar-refractivity contribution >= 4 is 34.6 Å². The number of hydrogen-bond acceptors (Lipinski definition) is 6. The van der Waals surface area contributed by atoms with E-state index in [-0.39, 0.29) is 12.4 Å². The lowest BCUT2D eigenvalue weighted by Gasteiger charge is -2.13. The van der Waals surface area contributed by atoms with Crippen LogP contribution in [0.15, 0.2) is 41.1 Å². The van der Waals surface area contributed by atoms with Crippen LogP contribution in [0.25, 0.3) is 10.6 Å². The lowest BCUT2D eigenvalue weighted by Crippen LogP contribution is -2.35. The molecule has 0 fully saturated rings. The summed E-state index contributed by atoms with van der Waals surface area (Å²) in [5, 5.41) is 7.31. The lowest BCUT2D eigenvalue weighted by atomic mass is 10.2. The van der Waals surface area contributed by atoms with Gasteiger partial charge in [-0.1, -0.05) is 12.1 Å². The van der Waals surface area contributed by atoms with Gasteiger partial charge in [-0.3, -0.25) is 4.79 Å². The predicted octanol–water partition coefficient (Wildman–Crippen LogP) is 4.18. The van der Waals surface area contributed by atoms with Gasteiger partial charge in [0.15, 0.2) is 6.10 Å². The Morgan fingerprint density at radius 1 is 1.26 bits per heavy atom. The molecule has 1 amide bonds. The van der Waals surface area contributed by atoms with Gasteiger partial charge in [0, 0.05) is 17.5 Å². The molecule has 1 unspecified atom stereocenters. The summed E-state index contributed by atoms with van der Waals surface area (Å²) < 4.78 is 18.2. The highest BCUT2D eigenvalue weighted by Gasteiger charge is 2.23. The molecule has 2 heterocycles. The van der Waals surface area contributed by atoms with E-state index in [1.807, 2.05) is 16.8 Å². The van der Waals surface area contributed by atoms with Gasteiger partial charge >= 0.3 is 5.97 Å². The molecule has 5 nitrogen and oxygen atoms in total. The minimum atomic E-state index is -0.955. The minimum Gasteiger partial charge on any atom is -0.448 e. The van der Waals surface area contributed by atoms with Crippen molar-refractivity contribution in [2.24, 2.45) is 0 Å². The van der Waals surface area contributed by atoms with Crippen molar-refractivity contribution in [3.8, 4) is 10.6 Å². The molecule has 0 aliphatic carbocycles. The van der Waals surface area contributed by atoms with E-state index in [9.17, 15) is 14.0 Å². The third-order valence-corrected chi connectivity index (χ3v) is 5.65. The molecule has 140 valence electrons.